The van der Waals surface area contributed by atoms with Gasteiger partial charge in [0.1, 0.15) is 0 Å². The summed E-state index contributed by atoms with van der Waals surface area (Å²) in [7, 11) is 0. The first kappa shape index (κ1) is 29.7. The van der Waals surface area contributed by atoms with Crippen molar-refractivity contribution >= 4 is 12.4 Å². The molecule has 2 nitrogen and oxygen atoms in total. The summed E-state index contributed by atoms with van der Waals surface area (Å²) in [6.07, 6.45) is 32.4. The van der Waals surface area contributed by atoms with E-state index in [1.54, 1.807) is 0 Å². The third-order valence-electron chi connectivity index (χ3n) is 7.77. The summed E-state index contributed by atoms with van der Waals surface area (Å²) in [4.78, 5) is 9.33. The lowest BCUT2D eigenvalue weighted by Gasteiger charge is -2.26. The third kappa shape index (κ3) is 13.9. The Hall–Kier alpha value is -1.57. The van der Waals surface area contributed by atoms with Crippen molar-refractivity contribution < 1.29 is 0 Å². The summed E-state index contributed by atoms with van der Waals surface area (Å²) < 4.78 is 0. The van der Waals surface area contributed by atoms with Crippen LogP contribution in [0.2, 0.25) is 0 Å². The Labute approximate surface area is 218 Å². The first-order chi connectivity index (χ1) is 17.3. The fourth-order valence-corrected chi connectivity index (χ4v) is 5.58. The van der Waals surface area contributed by atoms with E-state index in [4.69, 9.17) is 0 Å². The van der Waals surface area contributed by atoms with Crippen LogP contribution in [0.5, 0.6) is 0 Å². The second-order valence-corrected chi connectivity index (χ2v) is 10.9. The van der Waals surface area contributed by atoms with Crippen molar-refractivity contribution in [3.63, 3.8) is 0 Å². The molecule has 0 aromatic heterocycles. The monoisotopic (exact) mass is 479 g/mol. The van der Waals surface area contributed by atoms with Gasteiger partial charge in [0.15, 0.2) is 12.4 Å². The number of aliphatic imine (C=N–C) groups is 2. The Bertz CT molecular complexity index is 638. The Kier molecular flexibility index (Phi) is 17.5. The van der Waals surface area contributed by atoms with Crippen LogP contribution >= 0.6 is 0 Å². The van der Waals surface area contributed by atoms with E-state index in [-0.39, 0.29) is 0 Å². The van der Waals surface area contributed by atoms with Gasteiger partial charge < -0.3 is 0 Å². The van der Waals surface area contributed by atoms with Crippen LogP contribution in [-0.2, 0) is 6.42 Å². The van der Waals surface area contributed by atoms with Gasteiger partial charge in [-0.05, 0) is 30.7 Å². The molecule has 0 radical (unpaired) electrons. The van der Waals surface area contributed by atoms with Crippen molar-refractivity contribution in [2.24, 2.45) is 21.8 Å². The first-order valence-electron chi connectivity index (χ1n) is 15.3. The molecule has 0 saturated heterocycles. The molecule has 2 unspecified atom stereocenters. The quantitative estimate of drug-likeness (QED) is 0.110. The smallest absolute Gasteiger partial charge is 0.0965 e. The lowest BCUT2D eigenvalue weighted by atomic mass is 9.78. The average Bonchev–Trinajstić information content (AvgIpc) is 3.42. The Morgan fingerprint density at radius 1 is 0.571 bits per heavy atom. The predicted molar refractivity (Wildman–Crippen MR) is 156 cm³/mol. The molecule has 196 valence electrons. The number of hydrogen-bond acceptors (Lipinski definition) is 2. The van der Waals surface area contributed by atoms with Gasteiger partial charge in [-0.25, -0.2) is 0 Å². The minimum Gasteiger partial charge on any atom is -0.0965 e. The van der Waals surface area contributed by atoms with Gasteiger partial charge in [-0.2, -0.15) is 0 Å². The predicted octanol–water partition coefficient (Wildman–Crippen LogP) is 10.6. The van der Waals surface area contributed by atoms with Crippen LogP contribution in [0.25, 0.3) is 0 Å². The number of hydrogen-bond donors (Lipinski definition) is 0. The van der Waals surface area contributed by atoms with Crippen molar-refractivity contribution in [2.45, 2.75) is 142 Å². The largest absolute Gasteiger partial charge is 0.244 e. The zero-order valence-corrected chi connectivity index (χ0v) is 23.2. The highest BCUT2D eigenvalue weighted by Gasteiger charge is 2.35. The zero-order valence-electron chi connectivity index (χ0n) is 23.2. The van der Waals surface area contributed by atoms with Gasteiger partial charge in [-0.15, -0.1) is 0 Å². The van der Waals surface area contributed by atoms with Gasteiger partial charge in [0, 0.05) is 0 Å². The van der Waals surface area contributed by atoms with Gasteiger partial charge in [0.25, 0.3) is 0 Å². The van der Waals surface area contributed by atoms with Crippen LogP contribution in [-0.4, -0.2) is 12.4 Å². The molecule has 2 heteroatoms. The Morgan fingerprint density at radius 3 is 1.57 bits per heavy atom. The van der Waals surface area contributed by atoms with Gasteiger partial charge in [0.2, 0.25) is 6.17 Å². The van der Waals surface area contributed by atoms with Gasteiger partial charge in [-0.1, -0.05) is 163 Å². The molecule has 35 heavy (non-hydrogen) atoms. The van der Waals surface area contributed by atoms with Crippen LogP contribution in [0.1, 0.15) is 141 Å². The fraction of sp³-hybridized carbons (Fsp3) is 0.727. The minimum absolute atomic E-state index is 0.499. The highest BCUT2D eigenvalue weighted by molar-refractivity contribution is 6.18. The fourth-order valence-electron chi connectivity index (χ4n) is 5.58. The van der Waals surface area contributed by atoms with E-state index < -0.39 is 0 Å². The molecule has 2 atom stereocenters. The average molecular weight is 480 g/mol. The first-order valence-corrected chi connectivity index (χ1v) is 15.3. The lowest BCUT2D eigenvalue weighted by molar-refractivity contribution is 0.286. The zero-order chi connectivity index (χ0) is 24.8. The van der Waals surface area contributed by atoms with Crippen molar-refractivity contribution in [1.29, 1.82) is 0 Å². The van der Waals surface area contributed by atoms with E-state index in [0.29, 0.717) is 11.8 Å². The van der Waals surface area contributed by atoms with Crippen molar-refractivity contribution in [1.82, 2.24) is 0 Å². The molecule has 0 aliphatic carbocycles. The summed E-state index contributed by atoms with van der Waals surface area (Å²) in [5.74, 6) is 1.14. The number of benzene rings is 1. The molecule has 1 aromatic rings. The minimum atomic E-state index is 0.499. The Balaban J connectivity index is 1.61. The van der Waals surface area contributed by atoms with E-state index in [1.165, 1.54) is 128 Å². The summed E-state index contributed by atoms with van der Waals surface area (Å²) in [6, 6.07) is 11.0. The molecule has 0 bridgehead atoms. The van der Waals surface area contributed by atoms with E-state index in [1.807, 2.05) is 12.4 Å². The second-order valence-electron chi connectivity index (χ2n) is 10.9. The van der Waals surface area contributed by atoms with Crippen LogP contribution in [0.4, 0.5) is 0 Å². The molecule has 0 amide bonds. The molecule has 0 saturated carbocycles. The summed E-state index contributed by atoms with van der Waals surface area (Å²) in [6.45, 7) is 4.61. The normalized spacial score (nSPS) is 14.6. The lowest BCUT2D eigenvalue weighted by Crippen LogP contribution is -2.22. The van der Waals surface area contributed by atoms with E-state index in [2.05, 4.69) is 54.2 Å². The van der Waals surface area contributed by atoms with E-state index in [9.17, 15) is 0 Å². The number of nitrogens with zero attached hydrogens (tertiary/aromatic N) is 2. The van der Waals surface area contributed by atoms with Gasteiger partial charge >= 0.3 is 0 Å². The topological polar surface area (TPSA) is 24.7 Å². The van der Waals surface area contributed by atoms with Gasteiger partial charge in [0.05, 0.1) is 5.92 Å². The van der Waals surface area contributed by atoms with Crippen LogP contribution in [0.3, 0.4) is 0 Å². The molecule has 1 heterocycles. The number of rotatable bonds is 23. The highest BCUT2D eigenvalue weighted by Crippen LogP contribution is 2.36. The summed E-state index contributed by atoms with van der Waals surface area (Å²) in [5, 5.41) is 0. The van der Waals surface area contributed by atoms with Crippen LogP contribution < -0.4 is 0 Å². The highest BCUT2D eigenvalue weighted by atomic mass is 15.0. The maximum absolute atomic E-state index is 4.66. The summed E-state index contributed by atoms with van der Waals surface area (Å²) >= 11 is 0. The molecule has 1 aliphatic heterocycles. The molecule has 1 aromatic carbocycles. The maximum atomic E-state index is 4.66. The molecule has 1 aliphatic rings. The molecular weight excluding hydrogens is 424 g/mol. The van der Waals surface area contributed by atoms with Crippen molar-refractivity contribution in [3.05, 3.63) is 42.1 Å². The third-order valence-corrected chi connectivity index (χ3v) is 7.77. The SMILES string of the molecule is CCCCCCCCCCCCCCCCCC([C+]1N=CC=N1)C(CCCC)Cc1ccccc1. The second kappa shape index (κ2) is 20.6. The van der Waals surface area contributed by atoms with Crippen LogP contribution in [0.15, 0.2) is 40.3 Å². The molecule has 0 N–H and O–H groups in total. The molecule has 0 fully saturated rings. The molecule has 2 rings (SSSR count). The van der Waals surface area contributed by atoms with Crippen LogP contribution in [0, 0.1) is 18.0 Å². The summed E-state index contributed by atoms with van der Waals surface area (Å²) in [5.41, 5.74) is 1.46. The molecular formula is C33H55N2+. The maximum Gasteiger partial charge on any atom is 0.244 e. The van der Waals surface area contributed by atoms with Gasteiger partial charge in [-0.3, -0.25) is 0 Å². The van der Waals surface area contributed by atoms with Crippen molar-refractivity contribution in [2.75, 3.05) is 0 Å². The van der Waals surface area contributed by atoms with Crippen molar-refractivity contribution in [3.8, 4) is 0 Å². The molecule has 0 spiro atoms. The number of unbranched alkanes of at least 4 members (excludes halogenated alkanes) is 15. The van der Waals surface area contributed by atoms with E-state index in [0.717, 1.165) is 12.6 Å². The van der Waals surface area contributed by atoms with E-state index >= 15 is 0 Å². The Morgan fingerprint density at radius 2 is 1.06 bits per heavy atom. The standard InChI is InChI=1S/C33H55N2/c1-3-5-7-8-9-10-11-12-13-14-15-16-17-18-22-26-32(33-34-27-28-35-33)31(25-6-4-2)29-30-23-20-19-21-24-30/h19-21,23-24,27-28,31-32H,3-18,22,25-26,29H2,1-2H3/q+1.